The maximum Gasteiger partial charge on any atom is 0.262 e. The van der Waals surface area contributed by atoms with Crippen molar-refractivity contribution in [2.75, 3.05) is 11.9 Å². The lowest BCUT2D eigenvalue weighted by molar-refractivity contribution is -0.118. The number of amides is 1. The minimum absolute atomic E-state index is 0.0196. The van der Waals surface area contributed by atoms with Gasteiger partial charge in [0, 0.05) is 17.3 Å². The molecule has 0 aliphatic heterocycles. The number of Topliss-reactive ketones (excluding diaryl/α,β-unsaturated/α-hetero) is 1. The number of hydrogen-bond donors (Lipinski definition) is 1. The first-order chi connectivity index (χ1) is 13.1. The third kappa shape index (κ3) is 5.44. The second-order valence-corrected chi connectivity index (χ2v) is 5.86. The highest BCUT2D eigenvalue weighted by Crippen LogP contribution is 2.25. The molecule has 3 rings (SSSR count). The lowest BCUT2D eigenvalue weighted by Crippen LogP contribution is -2.20. The van der Waals surface area contributed by atoms with Crippen LogP contribution in [-0.2, 0) is 4.79 Å². The van der Waals surface area contributed by atoms with Crippen LogP contribution in [0.4, 0.5) is 5.69 Å². The topological polar surface area (TPSA) is 64.6 Å². The minimum Gasteiger partial charge on any atom is -0.484 e. The molecule has 0 spiro atoms. The monoisotopic (exact) mass is 361 g/mol. The van der Waals surface area contributed by atoms with Crippen LogP contribution in [-0.4, -0.2) is 18.3 Å². The summed E-state index contributed by atoms with van der Waals surface area (Å²) >= 11 is 0. The molecule has 0 saturated heterocycles. The zero-order valence-electron chi connectivity index (χ0n) is 14.8. The SMILES string of the molecule is CC(=O)c1ccc(NC(=O)COc2cccc(Oc3ccccc3)c2)cc1. The van der Waals surface area contributed by atoms with Crippen molar-refractivity contribution < 1.29 is 19.1 Å². The fraction of sp³-hybridized carbons (Fsp3) is 0.0909. The molecule has 1 N–H and O–H groups in total. The molecule has 0 aliphatic rings. The first-order valence-corrected chi connectivity index (χ1v) is 8.47. The Bertz CT molecular complexity index is 921. The lowest BCUT2D eigenvalue weighted by atomic mass is 10.1. The van der Waals surface area contributed by atoms with E-state index in [9.17, 15) is 9.59 Å². The summed E-state index contributed by atoms with van der Waals surface area (Å²) in [5.41, 5.74) is 1.20. The van der Waals surface area contributed by atoms with Crippen LogP contribution in [0.15, 0.2) is 78.9 Å². The summed E-state index contributed by atoms with van der Waals surface area (Å²) in [6, 6.07) is 23.2. The average Bonchev–Trinajstić information content (AvgIpc) is 2.68. The summed E-state index contributed by atoms with van der Waals surface area (Å²) in [5, 5.41) is 2.73. The van der Waals surface area contributed by atoms with E-state index in [-0.39, 0.29) is 18.3 Å². The molecule has 0 atom stereocenters. The number of hydrogen-bond acceptors (Lipinski definition) is 4. The van der Waals surface area contributed by atoms with Gasteiger partial charge in [0.1, 0.15) is 17.2 Å². The van der Waals surface area contributed by atoms with Gasteiger partial charge in [-0.05, 0) is 55.5 Å². The summed E-state index contributed by atoms with van der Waals surface area (Å²) in [6.07, 6.45) is 0. The summed E-state index contributed by atoms with van der Waals surface area (Å²) in [4.78, 5) is 23.3. The molecule has 0 aromatic heterocycles. The molecule has 3 aromatic rings. The van der Waals surface area contributed by atoms with Crippen LogP contribution in [0.25, 0.3) is 0 Å². The Hall–Kier alpha value is -3.60. The van der Waals surface area contributed by atoms with E-state index in [0.29, 0.717) is 22.7 Å². The number of anilines is 1. The van der Waals surface area contributed by atoms with Gasteiger partial charge in [-0.15, -0.1) is 0 Å². The van der Waals surface area contributed by atoms with E-state index >= 15 is 0 Å². The molecule has 0 radical (unpaired) electrons. The third-order valence-corrected chi connectivity index (χ3v) is 3.73. The van der Waals surface area contributed by atoms with E-state index < -0.39 is 0 Å². The fourth-order valence-corrected chi connectivity index (χ4v) is 2.39. The van der Waals surface area contributed by atoms with Crippen LogP contribution < -0.4 is 14.8 Å². The Balaban J connectivity index is 1.54. The first-order valence-electron chi connectivity index (χ1n) is 8.47. The molecule has 5 heteroatoms. The molecule has 5 nitrogen and oxygen atoms in total. The summed E-state index contributed by atoms with van der Waals surface area (Å²) < 4.78 is 11.3. The predicted molar refractivity (Wildman–Crippen MR) is 104 cm³/mol. The van der Waals surface area contributed by atoms with Crippen LogP contribution >= 0.6 is 0 Å². The van der Waals surface area contributed by atoms with Crippen molar-refractivity contribution in [1.82, 2.24) is 0 Å². The van der Waals surface area contributed by atoms with Gasteiger partial charge >= 0.3 is 0 Å². The van der Waals surface area contributed by atoms with Gasteiger partial charge < -0.3 is 14.8 Å². The lowest BCUT2D eigenvalue weighted by Gasteiger charge is -2.10. The molecule has 0 heterocycles. The van der Waals surface area contributed by atoms with E-state index in [2.05, 4.69) is 5.32 Å². The molecule has 0 saturated carbocycles. The summed E-state index contributed by atoms with van der Waals surface area (Å²) in [5.74, 6) is 1.57. The molecule has 3 aromatic carbocycles. The standard InChI is InChI=1S/C22H19NO4/c1-16(24)17-10-12-18(13-11-17)23-22(25)15-26-20-8-5-9-21(14-20)27-19-6-3-2-4-7-19/h2-14H,15H2,1H3,(H,23,25). The molecule has 0 aliphatic carbocycles. The number of ether oxygens (including phenoxy) is 2. The van der Waals surface area contributed by atoms with E-state index in [1.165, 1.54) is 6.92 Å². The number of carbonyl (C=O) groups excluding carboxylic acids is 2. The molecule has 0 bridgehead atoms. The maximum absolute atomic E-state index is 12.0. The smallest absolute Gasteiger partial charge is 0.262 e. The van der Waals surface area contributed by atoms with Gasteiger partial charge in [-0.25, -0.2) is 0 Å². The third-order valence-electron chi connectivity index (χ3n) is 3.73. The second kappa shape index (κ2) is 8.67. The summed E-state index contributed by atoms with van der Waals surface area (Å²) in [7, 11) is 0. The molecule has 27 heavy (non-hydrogen) atoms. The number of para-hydroxylation sites is 1. The normalized spacial score (nSPS) is 10.1. The van der Waals surface area contributed by atoms with Crippen LogP contribution in [0, 0.1) is 0 Å². The Labute approximate surface area is 157 Å². The number of benzene rings is 3. The number of nitrogens with one attached hydrogen (secondary N) is 1. The molecule has 0 unspecified atom stereocenters. The molecular weight excluding hydrogens is 342 g/mol. The Kier molecular flexibility index (Phi) is 5.84. The van der Waals surface area contributed by atoms with Crippen LogP contribution in [0.3, 0.4) is 0 Å². The highest BCUT2D eigenvalue weighted by molar-refractivity contribution is 5.95. The Morgan fingerprint density at radius 1 is 0.815 bits per heavy atom. The Morgan fingerprint density at radius 2 is 1.48 bits per heavy atom. The van der Waals surface area contributed by atoms with Gasteiger partial charge in [-0.3, -0.25) is 9.59 Å². The van der Waals surface area contributed by atoms with Gasteiger partial charge in [-0.2, -0.15) is 0 Å². The zero-order chi connectivity index (χ0) is 19.1. The Morgan fingerprint density at radius 3 is 2.19 bits per heavy atom. The van der Waals surface area contributed by atoms with E-state index in [0.717, 1.165) is 5.75 Å². The highest BCUT2D eigenvalue weighted by Gasteiger charge is 2.06. The average molecular weight is 361 g/mol. The van der Waals surface area contributed by atoms with Crippen molar-refractivity contribution in [3.05, 3.63) is 84.4 Å². The second-order valence-electron chi connectivity index (χ2n) is 5.86. The van der Waals surface area contributed by atoms with E-state index in [4.69, 9.17) is 9.47 Å². The van der Waals surface area contributed by atoms with Crippen LogP contribution in [0.1, 0.15) is 17.3 Å². The van der Waals surface area contributed by atoms with Crippen LogP contribution in [0.5, 0.6) is 17.2 Å². The van der Waals surface area contributed by atoms with Crippen LogP contribution in [0.2, 0.25) is 0 Å². The summed E-state index contributed by atoms with van der Waals surface area (Å²) in [6.45, 7) is 1.36. The molecular formula is C22H19NO4. The van der Waals surface area contributed by atoms with Gasteiger partial charge in [0.25, 0.3) is 5.91 Å². The quantitative estimate of drug-likeness (QED) is 0.620. The van der Waals surface area contributed by atoms with Crippen molar-refractivity contribution in [2.45, 2.75) is 6.92 Å². The number of ketones is 1. The van der Waals surface area contributed by atoms with Gasteiger partial charge in [0.15, 0.2) is 12.4 Å². The van der Waals surface area contributed by atoms with E-state index in [1.54, 1.807) is 42.5 Å². The van der Waals surface area contributed by atoms with Gasteiger partial charge in [0.2, 0.25) is 0 Å². The van der Waals surface area contributed by atoms with Gasteiger partial charge in [0.05, 0.1) is 0 Å². The van der Waals surface area contributed by atoms with Crippen molar-refractivity contribution in [3.63, 3.8) is 0 Å². The fourth-order valence-electron chi connectivity index (χ4n) is 2.39. The maximum atomic E-state index is 12.0. The molecule has 1 amide bonds. The minimum atomic E-state index is -0.292. The molecule has 136 valence electrons. The first kappa shape index (κ1) is 18.2. The van der Waals surface area contributed by atoms with E-state index in [1.807, 2.05) is 36.4 Å². The van der Waals surface area contributed by atoms with Crippen molar-refractivity contribution >= 4 is 17.4 Å². The highest BCUT2D eigenvalue weighted by atomic mass is 16.5. The zero-order valence-corrected chi connectivity index (χ0v) is 14.8. The largest absolute Gasteiger partial charge is 0.484 e. The predicted octanol–water partition coefficient (Wildman–Crippen LogP) is 4.70. The van der Waals surface area contributed by atoms with Gasteiger partial charge in [-0.1, -0.05) is 24.3 Å². The van der Waals surface area contributed by atoms with Crippen molar-refractivity contribution in [3.8, 4) is 17.2 Å². The van der Waals surface area contributed by atoms with Crippen molar-refractivity contribution in [2.24, 2.45) is 0 Å². The van der Waals surface area contributed by atoms with Crippen molar-refractivity contribution in [1.29, 1.82) is 0 Å². The molecule has 0 fully saturated rings. The number of rotatable bonds is 7. The number of carbonyl (C=O) groups is 2.